The lowest BCUT2D eigenvalue weighted by atomic mass is 10.1. The van der Waals surface area contributed by atoms with Crippen LogP contribution in [0.15, 0.2) is 65.7 Å². The van der Waals surface area contributed by atoms with Crippen molar-refractivity contribution < 1.29 is 19.1 Å². The van der Waals surface area contributed by atoms with Gasteiger partial charge in [-0.15, -0.1) is 0 Å². The fourth-order valence-corrected chi connectivity index (χ4v) is 4.36. The molecule has 0 N–H and O–H groups in total. The summed E-state index contributed by atoms with van der Waals surface area (Å²) in [5.74, 6) is 0.0133. The average molecular weight is 420 g/mol. The van der Waals surface area contributed by atoms with Crippen LogP contribution in [0.1, 0.15) is 5.56 Å². The van der Waals surface area contributed by atoms with E-state index in [0.717, 1.165) is 26.6 Å². The number of aromatic nitrogens is 1. The molecule has 0 radical (unpaired) electrons. The Morgan fingerprint density at radius 2 is 1.80 bits per heavy atom. The SMILES string of the molecule is COC(=O)Cn1c(=NC(=O)Cc2ccc3ccccc3c2)sc2cc(OC)ccc21. The smallest absolute Gasteiger partial charge is 0.325 e. The highest BCUT2D eigenvalue weighted by Crippen LogP contribution is 2.23. The van der Waals surface area contributed by atoms with Crippen LogP contribution in [0.2, 0.25) is 0 Å². The molecule has 0 saturated heterocycles. The molecule has 1 heterocycles. The fraction of sp³-hybridized carbons (Fsp3) is 0.174. The van der Waals surface area contributed by atoms with Crippen LogP contribution in [-0.2, 0) is 27.3 Å². The molecule has 0 fully saturated rings. The van der Waals surface area contributed by atoms with E-state index in [9.17, 15) is 9.59 Å². The number of carbonyl (C=O) groups excluding carboxylic acids is 2. The van der Waals surface area contributed by atoms with Crippen molar-refractivity contribution in [2.24, 2.45) is 4.99 Å². The average Bonchev–Trinajstić information content (AvgIpc) is 3.09. The van der Waals surface area contributed by atoms with Gasteiger partial charge in [-0.1, -0.05) is 53.8 Å². The lowest BCUT2D eigenvalue weighted by Gasteiger charge is -2.04. The van der Waals surface area contributed by atoms with Gasteiger partial charge in [0.05, 0.1) is 30.9 Å². The molecule has 0 aliphatic rings. The van der Waals surface area contributed by atoms with Gasteiger partial charge in [-0.2, -0.15) is 4.99 Å². The number of hydrogen-bond acceptors (Lipinski definition) is 5. The van der Waals surface area contributed by atoms with E-state index in [4.69, 9.17) is 9.47 Å². The first kappa shape index (κ1) is 19.8. The highest BCUT2D eigenvalue weighted by Gasteiger charge is 2.13. The lowest BCUT2D eigenvalue weighted by Crippen LogP contribution is -2.22. The number of esters is 1. The molecular weight excluding hydrogens is 400 g/mol. The number of ether oxygens (including phenoxy) is 2. The molecule has 1 amide bonds. The van der Waals surface area contributed by atoms with Crippen LogP contribution in [-0.4, -0.2) is 30.7 Å². The molecule has 4 aromatic rings. The van der Waals surface area contributed by atoms with Gasteiger partial charge in [0.15, 0.2) is 4.80 Å². The van der Waals surface area contributed by atoms with E-state index in [1.807, 2.05) is 60.7 Å². The van der Waals surface area contributed by atoms with Gasteiger partial charge < -0.3 is 14.0 Å². The van der Waals surface area contributed by atoms with E-state index in [-0.39, 0.29) is 18.9 Å². The summed E-state index contributed by atoms with van der Waals surface area (Å²) in [6.45, 7) is -0.0229. The molecule has 3 aromatic carbocycles. The lowest BCUT2D eigenvalue weighted by molar-refractivity contribution is -0.141. The molecular formula is C23H20N2O4S. The Balaban J connectivity index is 1.71. The van der Waals surface area contributed by atoms with E-state index in [1.54, 1.807) is 11.7 Å². The Bertz CT molecular complexity index is 1320. The molecule has 0 aliphatic heterocycles. The van der Waals surface area contributed by atoms with Gasteiger partial charge in [0.25, 0.3) is 5.91 Å². The van der Waals surface area contributed by atoms with Crippen molar-refractivity contribution in [3.63, 3.8) is 0 Å². The molecule has 0 aliphatic carbocycles. The van der Waals surface area contributed by atoms with Crippen LogP contribution >= 0.6 is 11.3 Å². The van der Waals surface area contributed by atoms with Gasteiger partial charge in [0.1, 0.15) is 12.3 Å². The zero-order valence-electron chi connectivity index (χ0n) is 16.6. The topological polar surface area (TPSA) is 69.9 Å². The maximum Gasteiger partial charge on any atom is 0.325 e. The number of benzene rings is 3. The Kier molecular flexibility index (Phi) is 5.63. The van der Waals surface area contributed by atoms with E-state index in [1.165, 1.54) is 18.4 Å². The van der Waals surface area contributed by atoms with Crippen LogP contribution < -0.4 is 9.54 Å². The van der Waals surface area contributed by atoms with Crippen molar-refractivity contribution in [3.8, 4) is 5.75 Å². The van der Waals surface area contributed by atoms with Crippen molar-refractivity contribution in [2.75, 3.05) is 14.2 Å². The minimum atomic E-state index is -0.408. The number of amides is 1. The molecule has 30 heavy (non-hydrogen) atoms. The summed E-state index contributed by atoms with van der Waals surface area (Å²) in [6.07, 6.45) is 0.181. The Morgan fingerprint density at radius 3 is 2.57 bits per heavy atom. The number of rotatable bonds is 5. The van der Waals surface area contributed by atoms with Gasteiger partial charge in [-0.3, -0.25) is 9.59 Å². The predicted molar refractivity (Wildman–Crippen MR) is 117 cm³/mol. The van der Waals surface area contributed by atoms with Gasteiger partial charge in [-0.25, -0.2) is 0 Å². The summed E-state index contributed by atoms with van der Waals surface area (Å²) < 4.78 is 12.7. The summed E-state index contributed by atoms with van der Waals surface area (Å²) in [5, 5.41) is 2.21. The largest absolute Gasteiger partial charge is 0.497 e. The van der Waals surface area contributed by atoms with E-state index in [0.29, 0.717) is 10.6 Å². The third-order valence-electron chi connectivity index (χ3n) is 4.79. The Morgan fingerprint density at radius 1 is 1.00 bits per heavy atom. The zero-order chi connectivity index (χ0) is 21.1. The summed E-state index contributed by atoms with van der Waals surface area (Å²) >= 11 is 1.34. The quantitative estimate of drug-likeness (QED) is 0.462. The van der Waals surface area contributed by atoms with Crippen molar-refractivity contribution in [1.82, 2.24) is 4.57 Å². The Labute approximate surface area is 177 Å². The maximum absolute atomic E-state index is 12.7. The summed E-state index contributed by atoms with van der Waals surface area (Å²) in [4.78, 5) is 29.4. The van der Waals surface area contributed by atoms with E-state index < -0.39 is 5.97 Å². The van der Waals surface area contributed by atoms with Crippen molar-refractivity contribution in [2.45, 2.75) is 13.0 Å². The van der Waals surface area contributed by atoms with Crippen molar-refractivity contribution in [3.05, 3.63) is 71.0 Å². The molecule has 7 heteroatoms. The van der Waals surface area contributed by atoms with Crippen LogP contribution in [0.4, 0.5) is 0 Å². The minimum Gasteiger partial charge on any atom is -0.497 e. The maximum atomic E-state index is 12.7. The van der Waals surface area contributed by atoms with Crippen molar-refractivity contribution >= 4 is 44.2 Å². The number of thiazole rings is 1. The first-order chi connectivity index (χ1) is 14.6. The third kappa shape index (κ3) is 4.11. The normalized spacial score (nSPS) is 11.7. The molecule has 152 valence electrons. The standard InChI is InChI=1S/C23H20N2O4S/c1-28-18-9-10-19-20(13-18)30-23(25(19)14-22(27)29-2)24-21(26)12-15-7-8-16-5-3-4-6-17(16)11-15/h3-11,13H,12,14H2,1-2H3. The first-order valence-electron chi connectivity index (χ1n) is 9.37. The molecule has 0 saturated carbocycles. The van der Waals surface area contributed by atoms with Crippen LogP contribution in [0, 0.1) is 0 Å². The number of hydrogen-bond donors (Lipinski definition) is 0. The highest BCUT2D eigenvalue weighted by atomic mass is 32.1. The van der Waals surface area contributed by atoms with Crippen molar-refractivity contribution in [1.29, 1.82) is 0 Å². The highest BCUT2D eigenvalue weighted by molar-refractivity contribution is 7.16. The summed E-state index contributed by atoms with van der Waals surface area (Å²) in [5.41, 5.74) is 1.69. The molecule has 6 nitrogen and oxygen atoms in total. The van der Waals surface area contributed by atoms with Gasteiger partial charge in [-0.05, 0) is 34.5 Å². The number of nitrogens with zero attached hydrogens (tertiary/aromatic N) is 2. The number of carbonyl (C=O) groups is 2. The van der Waals surface area contributed by atoms with Crippen LogP contribution in [0.5, 0.6) is 5.75 Å². The summed E-state index contributed by atoms with van der Waals surface area (Å²) in [7, 11) is 2.93. The first-order valence-corrected chi connectivity index (χ1v) is 10.2. The molecule has 0 atom stereocenters. The molecule has 0 spiro atoms. The molecule has 0 unspecified atom stereocenters. The van der Waals surface area contributed by atoms with Gasteiger partial charge >= 0.3 is 5.97 Å². The summed E-state index contributed by atoms with van der Waals surface area (Å²) in [6, 6.07) is 19.5. The second-order valence-electron chi connectivity index (χ2n) is 6.74. The van der Waals surface area contributed by atoms with E-state index in [2.05, 4.69) is 4.99 Å². The molecule has 0 bridgehead atoms. The van der Waals surface area contributed by atoms with E-state index >= 15 is 0 Å². The Hall–Kier alpha value is -3.45. The fourth-order valence-electron chi connectivity index (χ4n) is 3.28. The number of methoxy groups -OCH3 is 2. The second-order valence-corrected chi connectivity index (χ2v) is 7.75. The monoisotopic (exact) mass is 420 g/mol. The molecule has 4 rings (SSSR count). The number of fused-ring (bicyclic) bond motifs is 2. The van der Waals surface area contributed by atoms with Gasteiger partial charge in [0.2, 0.25) is 0 Å². The van der Waals surface area contributed by atoms with Crippen LogP contribution in [0.3, 0.4) is 0 Å². The van der Waals surface area contributed by atoms with Gasteiger partial charge in [0, 0.05) is 0 Å². The molecule has 1 aromatic heterocycles. The van der Waals surface area contributed by atoms with Crippen LogP contribution in [0.25, 0.3) is 21.0 Å². The third-order valence-corrected chi connectivity index (χ3v) is 5.84. The predicted octanol–water partition coefficient (Wildman–Crippen LogP) is 3.71. The zero-order valence-corrected chi connectivity index (χ0v) is 17.4. The second kappa shape index (κ2) is 8.51. The minimum absolute atomic E-state index is 0.0229.